The molecule has 0 radical (unpaired) electrons. The van der Waals surface area contributed by atoms with Gasteiger partial charge in [0.05, 0.1) is 22.2 Å². The fourth-order valence-electron chi connectivity index (χ4n) is 3.81. The molecular weight excluding hydrogens is 555 g/mol. The van der Waals surface area contributed by atoms with E-state index in [9.17, 15) is 23.2 Å². The predicted molar refractivity (Wildman–Crippen MR) is 145 cm³/mol. The van der Waals surface area contributed by atoms with E-state index >= 15 is 0 Å². The molecule has 1 amide bonds. The molecule has 11 heteroatoms. The molecule has 0 fully saturated rings. The Morgan fingerprint density at radius 3 is 2.47 bits per heavy atom. The zero-order chi connectivity index (χ0) is 28.3. The van der Waals surface area contributed by atoms with Crippen molar-refractivity contribution in [2.45, 2.75) is 60.7 Å². The molecule has 1 N–H and O–H groups in total. The van der Waals surface area contributed by atoms with Crippen LogP contribution < -0.4 is 10.1 Å². The quantitative estimate of drug-likeness (QED) is 0.254. The summed E-state index contributed by atoms with van der Waals surface area (Å²) in [6.45, 7) is 4.82. The van der Waals surface area contributed by atoms with Crippen molar-refractivity contribution in [3.63, 3.8) is 0 Å². The molecule has 200 valence electrons. The van der Waals surface area contributed by atoms with E-state index in [1.165, 1.54) is 13.8 Å². The average Bonchev–Trinajstić information content (AvgIpc) is 2.84. The average molecular weight is 580 g/mol. The number of nitrogens with one attached hydrogen (secondary N) is 1. The monoisotopic (exact) mass is 579 g/mol. The Hall–Kier alpha value is -2.87. The zero-order valence-corrected chi connectivity index (χ0v) is 23.2. The lowest BCUT2D eigenvalue weighted by Gasteiger charge is -2.31. The van der Waals surface area contributed by atoms with Gasteiger partial charge in [0.1, 0.15) is 0 Å². The third kappa shape index (κ3) is 7.37. The molecule has 5 nitrogen and oxygen atoms in total. The van der Waals surface area contributed by atoms with Crippen LogP contribution >= 0.6 is 36.9 Å². The maximum Gasteiger partial charge on any atom is 0.417 e. The van der Waals surface area contributed by atoms with Crippen molar-refractivity contribution in [3.05, 3.63) is 82.0 Å². The highest BCUT2D eigenvalue weighted by Gasteiger charge is 2.35. The van der Waals surface area contributed by atoms with Gasteiger partial charge >= 0.3 is 6.18 Å². The number of aromatic nitrogens is 1. The van der Waals surface area contributed by atoms with Crippen LogP contribution in [0.15, 0.2) is 64.5 Å². The number of carbonyl (C=O) groups excluding carboxylic acids is 1. The van der Waals surface area contributed by atoms with Gasteiger partial charge in [-0.15, -0.1) is 25.3 Å². The van der Waals surface area contributed by atoms with E-state index < -0.39 is 29.3 Å². The maximum absolute atomic E-state index is 13.2. The number of nitrogens with zero attached hydrogens (tertiary/aromatic N) is 2. The molecule has 0 aliphatic carbocycles. The zero-order valence-electron chi connectivity index (χ0n) is 20.7. The molecule has 2 atom stereocenters. The van der Waals surface area contributed by atoms with Gasteiger partial charge in [0, 0.05) is 34.0 Å². The van der Waals surface area contributed by atoms with E-state index in [1.807, 2.05) is 19.1 Å². The number of ether oxygens (including phenoxy) is 1. The molecular formula is C27H25ClF3N3O2S2. The highest BCUT2D eigenvalue weighted by atomic mass is 35.5. The number of nitriles is 1. The SMILES string of the molecule is C[C@H](NC(=O)C(C)(C)Oc1ccc(C(F)(F)F)cn1)C(Cc1cc(S)c(Cl)cc1S)c1cccc(C#N)c1. The number of alkyl halides is 3. The highest BCUT2D eigenvalue weighted by Crippen LogP contribution is 2.33. The first-order chi connectivity index (χ1) is 17.7. The highest BCUT2D eigenvalue weighted by molar-refractivity contribution is 7.80. The Balaban J connectivity index is 1.85. The summed E-state index contributed by atoms with van der Waals surface area (Å²) < 4.78 is 44.2. The smallest absolute Gasteiger partial charge is 0.417 e. The molecule has 0 saturated carbocycles. The van der Waals surface area contributed by atoms with Gasteiger partial charge in [0.15, 0.2) is 5.60 Å². The van der Waals surface area contributed by atoms with Crippen LogP contribution in [0.2, 0.25) is 5.02 Å². The third-order valence-corrected chi connectivity index (χ3v) is 7.20. The second-order valence-electron chi connectivity index (χ2n) is 9.24. The Morgan fingerprint density at radius 2 is 1.87 bits per heavy atom. The Morgan fingerprint density at radius 1 is 1.16 bits per heavy atom. The van der Waals surface area contributed by atoms with Crippen LogP contribution in [-0.4, -0.2) is 22.5 Å². The number of benzene rings is 2. The van der Waals surface area contributed by atoms with Gasteiger partial charge in [-0.25, -0.2) is 4.98 Å². The first kappa shape index (κ1) is 29.7. The van der Waals surface area contributed by atoms with Crippen LogP contribution in [-0.2, 0) is 17.4 Å². The molecule has 1 aromatic heterocycles. The summed E-state index contributed by atoms with van der Waals surface area (Å²) in [7, 11) is 0. The summed E-state index contributed by atoms with van der Waals surface area (Å²) in [5.41, 5.74) is -0.227. The number of hydrogen-bond acceptors (Lipinski definition) is 6. The first-order valence-electron chi connectivity index (χ1n) is 11.4. The molecule has 0 aliphatic rings. The number of hydrogen-bond donors (Lipinski definition) is 3. The van der Waals surface area contributed by atoms with Gasteiger partial charge in [0.25, 0.3) is 5.91 Å². The summed E-state index contributed by atoms with van der Waals surface area (Å²) in [6.07, 6.45) is -3.43. The van der Waals surface area contributed by atoms with Crippen molar-refractivity contribution < 1.29 is 22.7 Å². The number of carbonyl (C=O) groups is 1. The van der Waals surface area contributed by atoms with Crippen molar-refractivity contribution in [3.8, 4) is 11.9 Å². The largest absolute Gasteiger partial charge is 0.462 e. The molecule has 1 heterocycles. The van der Waals surface area contributed by atoms with Gasteiger partial charge in [0.2, 0.25) is 5.88 Å². The second kappa shape index (κ2) is 11.9. The van der Waals surface area contributed by atoms with Crippen LogP contribution in [0.4, 0.5) is 13.2 Å². The van der Waals surface area contributed by atoms with Gasteiger partial charge in [-0.1, -0.05) is 23.7 Å². The van der Waals surface area contributed by atoms with E-state index in [1.54, 1.807) is 24.3 Å². The van der Waals surface area contributed by atoms with Crippen molar-refractivity contribution in [1.82, 2.24) is 10.3 Å². The van der Waals surface area contributed by atoms with Crippen molar-refractivity contribution >= 4 is 42.8 Å². The molecule has 0 bridgehead atoms. The van der Waals surface area contributed by atoms with E-state index in [-0.39, 0.29) is 11.8 Å². The van der Waals surface area contributed by atoms with E-state index in [0.717, 1.165) is 23.3 Å². The number of amides is 1. The number of halogens is 4. The minimum absolute atomic E-state index is 0.119. The third-order valence-electron chi connectivity index (χ3n) is 5.96. The minimum atomic E-state index is -4.53. The van der Waals surface area contributed by atoms with Crippen LogP contribution in [0, 0.1) is 11.3 Å². The number of rotatable bonds is 8. The molecule has 0 aliphatic heterocycles. The predicted octanol–water partition coefficient (Wildman–Crippen LogP) is 6.89. The molecule has 3 rings (SSSR count). The summed E-state index contributed by atoms with van der Waals surface area (Å²) >= 11 is 15.1. The van der Waals surface area contributed by atoms with Crippen LogP contribution in [0.25, 0.3) is 0 Å². The summed E-state index contributed by atoms with van der Waals surface area (Å²) in [4.78, 5) is 18.2. The summed E-state index contributed by atoms with van der Waals surface area (Å²) in [6, 6.07) is 14.2. The lowest BCUT2D eigenvalue weighted by molar-refractivity contribution is -0.138. The van der Waals surface area contributed by atoms with Gasteiger partial charge < -0.3 is 10.1 Å². The maximum atomic E-state index is 13.2. The van der Waals surface area contributed by atoms with Gasteiger partial charge in [-0.2, -0.15) is 18.4 Å². The number of thiol groups is 2. The van der Waals surface area contributed by atoms with Crippen molar-refractivity contribution in [2.24, 2.45) is 0 Å². The summed E-state index contributed by atoms with van der Waals surface area (Å²) in [5.74, 6) is -0.900. The lowest BCUT2D eigenvalue weighted by Crippen LogP contribution is -2.51. The molecule has 1 unspecified atom stereocenters. The van der Waals surface area contributed by atoms with Gasteiger partial charge in [-0.3, -0.25) is 4.79 Å². The van der Waals surface area contributed by atoms with Gasteiger partial charge in [-0.05, 0) is 68.7 Å². The molecule has 3 aromatic rings. The number of pyridine rings is 1. The van der Waals surface area contributed by atoms with E-state index in [4.69, 9.17) is 16.3 Å². The molecule has 0 spiro atoms. The molecule has 2 aromatic carbocycles. The van der Waals surface area contributed by atoms with Crippen LogP contribution in [0.1, 0.15) is 48.9 Å². The summed E-state index contributed by atoms with van der Waals surface area (Å²) in [5, 5.41) is 12.8. The lowest BCUT2D eigenvalue weighted by atomic mass is 9.85. The van der Waals surface area contributed by atoms with Crippen LogP contribution in [0.3, 0.4) is 0 Å². The molecule has 38 heavy (non-hydrogen) atoms. The fraction of sp³-hybridized carbons (Fsp3) is 0.296. The van der Waals surface area contributed by atoms with Crippen LogP contribution in [0.5, 0.6) is 5.88 Å². The van der Waals surface area contributed by atoms with Crippen molar-refractivity contribution in [1.29, 1.82) is 5.26 Å². The normalized spacial score (nSPS) is 13.4. The Bertz CT molecular complexity index is 1360. The van der Waals surface area contributed by atoms with Crippen molar-refractivity contribution in [2.75, 3.05) is 0 Å². The fourth-order valence-corrected chi connectivity index (χ4v) is 4.56. The topological polar surface area (TPSA) is 75.0 Å². The standard InChI is InChI=1S/C27H25ClF3N3O2S2/c1-15(34-25(35)26(2,3)36-24-8-7-19(14-33-24)27(29,30)31)20(17-6-4-5-16(9-17)13-32)10-18-11-23(38)21(28)12-22(18)37/h4-9,11-12,14-15,20,37-38H,10H2,1-3H3,(H,34,35)/t15-,20?/m0/s1. The Labute approximate surface area is 235 Å². The Kier molecular flexibility index (Phi) is 9.29. The second-order valence-corrected chi connectivity index (χ2v) is 10.6. The molecule has 0 saturated heterocycles. The van der Waals surface area contributed by atoms with E-state index in [0.29, 0.717) is 33.0 Å². The minimum Gasteiger partial charge on any atom is -0.462 e. The van der Waals surface area contributed by atoms with E-state index in [2.05, 4.69) is 41.6 Å². The first-order valence-corrected chi connectivity index (χ1v) is 12.7.